The fourth-order valence-electron chi connectivity index (χ4n) is 1.04. The third-order valence-corrected chi connectivity index (χ3v) is 1.85. The third kappa shape index (κ3) is 2.80. The van der Waals surface area contributed by atoms with Crippen molar-refractivity contribution in [2.45, 2.75) is 26.2 Å². The largest absolute Gasteiger partial charge is 0.401 e. The van der Waals surface area contributed by atoms with Gasteiger partial charge in [-0.2, -0.15) is 0 Å². The zero-order chi connectivity index (χ0) is 8.27. The minimum Gasteiger partial charge on any atom is -0.401 e. The normalized spacial score (nSPS) is 18.5. The van der Waals surface area contributed by atoms with E-state index in [-0.39, 0.29) is 0 Å². The number of hydrogen-bond acceptors (Lipinski definition) is 3. The van der Waals surface area contributed by atoms with E-state index in [1.165, 1.54) is 12.8 Å². The lowest BCUT2D eigenvalue weighted by Crippen LogP contribution is -2.27. The van der Waals surface area contributed by atoms with E-state index in [1.807, 2.05) is 6.20 Å². The van der Waals surface area contributed by atoms with Gasteiger partial charge in [0, 0.05) is 24.4 Å². The van der Waals surface area contributed by atoms with Gasteiger partial charge in [-0.3, -0.25) is 0 Å². The van der Waals surface area contributed by atoms with Crippen molar-refractivity contribution in [2.75, 3.05) is 6.54 Å². The first-order valence-corrected chi connectivity index (χ1v) is 4.22. The van der Waals surface area contributed by atoms with Crippen LogP contribution in [-0.4, -0.2) is 11.6 Å². The van der Waals surface area contributed by atoms with Crippen molar-refractivity contribution < 1.29 is 0 Å². The van der Waals surface area contributed by atoms with Crippen LogP contribution in [0.5, 0.6) is 0 Å². The first-order valence-electron chi connectivity index (χ1n) is 4.22. The highest BCUT2D eigenvalue weighted by molar-refractivity contribution is 5.07. The number of nitrogens with zero attached hydrogens (tertiary/aromatic N) is 1. The second kappa shape index (κ2) is 3.62. The van der Waals surface area contributed by atoms with Crippen LogP contribution in [0.4, 0.5) is 0 Å². The molecule has 0 spiro atoms. The van der Waals surface area contributed by atoms with Gasteiger partial charge in [0.05, 0.1) is 0 Å². The number of hydrogen-bond donors (Lipinski definition) is 2. The second-order valence-corrected chi connectivity index (χ2v) is 3.14. The minimum absolute atomic E-state index is 0.623. The SMILES string of the molecule is CCCN(N)/C=C(\N)C1CC1. The average Bonchev–Trinajstić information content (AvgIpc) is 2.67. The number of rotatable bonds is 4. The molecule has 0 unspecified atom stereocenters. The van der Waals surface area contributed by atoms with Gasteiger partial charge >= 0.3 is 0 Å². The lowest BCUT2D eigenvalue weighted by molar-refractivity contribution is 0.388. The lowest BCUT2D eigenvalue weighted by atomic mass is 10.3. The van der Waals surface area contributed by atoms with E-state index in [2.05, 4.69) is 6.92 Å². The Bertz CT molecular complexity index is 149. The molecule has 1 saturated carbocycles. The maximum atomic E-state index is 5.75. The zero-order valence-corrected chi connectivity index (χ0v) is 7.09. The Balaban J connectivity index is 2.29. The molecule has 0 radical (unpaired) electrons. The summed E-state index contributed by atoms with van der Waals surface area (Å²) < 4.78 is 0. The Hall–Kier alpha value is -0.700. The fraction of sp³-hybridized carbons (Fsp3) is 0.750. The predicted octanol–water partition coefficient (Wildman–Crippen LogP) is 0.782. The Morgan fingerprint density at radius 2 is 2.27 bits per heavy atom. The molecule has 0 atom stereocenters. The third-order valence-electron chi connectivity index (χ3n) is 1.85. The molecule has 4 N–H and O–H groups in total. The Labute approximate surface area is 68.0 Å². The molecule has 1 aliphatic carbocycles. The van der Waals surface area contributed by atoms with Crippen LogP contribution in [0.25, 0.3) is 0 Å². The van der Waals surface area contributed by atoms with Crippen LogP contribution in [0, 0.1) is 5.92 Å². The van der Waals surface area contributed by atoms with Gasteiger partial charge in [0.2, 0.25) is 0 Å². The topological polar surface area (TPSA) is 55.3 Å². The number of nitrogens with two attached hydrogens (primary N) is 2. The zero-order valence-electron chi connectivity index (χ0n) is 7.09. The highest BCUT2D eigenvalue weighted by Crippen LogP contribution is 2.33. The van der Waals surface area contributed by atoms with Crippen LogP contribution < -0.4 is 11.6 Å². The molecule has 3 heteroatoms. The van der Waals surface area contributed by atoms with Crippen molar-refractivity contribution >= 4 is 0 Å². The van der Waals surface area contributed by atoms with Crippen LogP contribution in [0.3, 0.4) is 0 Å². The van der Waals surface area contributed by atoms with E-state index in [1.54, 1.807) is 5.01 Å². The molecule has 0 bridgehead atoms. The molecule has 0 aliphatic heterocycles. The van der Waals surface area contributed by atoms with Crippen molar-refractivity contribution in [1.29, 1.82) is 0 Å². The molecule has 0 saturated heterocycles. The molecule has 11 heavy (non-hydrogen) atoms. The molecule has 0 aromatic heterocycles. The predicted molar refractivity (Wildman–Crippen MR) is 46.2 cm³/mol. The Morgan fingerprint density at radius 1 is 1.64 bits per heavy atom. The molecule has 0 aromatic carbocycles. The van der Waals surface area contributed by atoms with Crippen molar-refractivity contribution in [1.82, 2.24) is 5.01 Å². The molecule has 0 heterocycles. The van der Waals surface area contributed by atoms with Gasteiger partial charge in [-0.15, -0.1) is 0 Å². The van der Waals surface area contributed by atoms with E-state index in [0.717, 1.165) is 18.7 Å². The summed E-state index contributed by atoms with van der Waals surface area (Å²) in [7, 11) is 0. The maximum absolute atomic E-state index is 5.75. The van der Waals surface area contributed by atoms with Crippen molar-refractivity contribution in [2.24, 2.45) is 17.5 Å². The van der Waals surface area contributed by atoms with E-state index >= 15 is 0 Å². The van der Waals surface area contributed by atoms with Crippen LogP contribution in [-0.2, 0) is 0 Å². The molecule has 0 amide bonds. The minimum atomic E-state index is 0.623. The molecular formula is C8H17N3. The van der Waals surface area contributed by atoms with E-state index < -0.39 is 0 Å². The summed E-state index contributed by atoms with van der Waals surface area (Å²) in [6.07, 6.45) is 5.40. The summed E-state index contributed by atoms with van der Waals surface area (Å²) in [6, 6.07) is 0. The smallest absolute Gasteiger partial charge is 0.0345 e. The molecule has 1 fully saturated rings. The van der Waals surface area contributed by atoms with Crippen LogP contribution in [0.1, 0.15) is 26.2 Å². The summed E-state index contributed by atoms with van der Waals surface area (Å²) in [5.74, 6) is 6.25. The van der Waals surface area contributed by atoms with Crippen LogP contribution >= 0.6 is 0 Å². The fourth-order valence-corrected chi connectivity index (χ4v) is 1.04. The highest BCUT2D eigenvalue weighted by atomic mass is 15.4. The van der Waals surface area contributed by atoms with E-state index in [4.69, 9.17) is 11.6 Å². The monoisotopic (exact) mass is 155 g/mol. The van der Waals surface area contributed by atoms with Gasteiger partial charge in [0.25, 0.3) is 0 Å². The molecular weight excluding hydrogens is 138 g/mol. The Morgan fingerprint density at radius 3 is 2.73 bits per heavy atom. The molecule has 3 nitrogen and oxygen atoms in total. The molecule has 1 rings (SSSR count). The molecule has 64 valence electrons. The first-order chi connectivity index (χ1) is 5.24. The van der Waals surface area contributed by atoms with E-state index in [9.17, 15) is 0 Å². The van der Waals surface area contributed by atoms with Crippen molar-refractivity contribution in [3.63, 3.8) is 0 Å². The van der Waals surface area contributed by atoms with Gasteiger partial charge in [-0.1, -0.05) is 6.92 Å². The average molecular weight is 155 g/mol. The van der Waals surface area contributed by atoms with Gasteiger partial charge in [-0.25, -0.2) is 5.84 Å². The standard InChI is InChI=1S/C8H17N3/c1-2-5-11(10)6-8(9)7-3-4-7/h6-7H,2-5,9-10H2,1H3/b8-6-. The lowest BCUT2D eigenvalue weighted by Gasteiger charge is -2.12. The first kappa shape index (κ1) is 8.40. The quantitative estimate of drug-likeness (QED) is 0.466. The summed E-state index contributed by atoms with van der Waals surface area (Å²) >= 11 is 0. The summed E-state index contributed by atoms with van der Waals surface area (Å²) in [5.41, 5.74) is 6.69. The summed E-state index contributed by atoms with van der Waals surface area (Å²) in [5, 5.41) is 1.67. The molecule has 0 aromatic rings. The van der Waals surface area contributed by atoms with Gasteiger partial charge in [0.15, 0.2) is 0 Å². The number of allylic oxidation sites excluding steroid dienone is 1. The molecule has 1 aliphatic rings. The summed E-state index contributed by atoms with van der Waals surface area (Å²) in [4.78, 5) is 0. The van der Waals surface area contributed by atoms with Crippen LogP contribution in [0.15, 0.2) is 11.9 Å². The Kier molecular flexibility index (Phi) is 2.76. The van der Waals surface area contributed by atoms with Crippen LogP contribution in [0.2, 0.25) is 0 Å². The van der Waals surface area contributed by atoms with Crippen molar-refractivity contribution in [3.05, 3.63) is 11.9 Å². The maximum Gasteiger partial charge on any atom is 0.0345 e. The van der Waals surface area contributed by atoms with Gasteiger partial charge in [0.1, 0.15) is 0 Å². The van der Waals surface area contributed by atoms with Gasteiger partial charge in [-0.05, 0) is 19.3 Å². The highest BCUT2D eigenvalue weighted by Gasteiger charge is 2.24. The number of hydrazine groups is 1. The summed E-state index contributed by atoms with van der Waals surface area (Å²) in [6.45, 7) is 2.98. The second-order valence-electron chi connectivity index (χ2n) is 3.14. The van der Waals surface area contributed by atoms with Gasteiger partial charge < -0.3 is 10.7 Å². The van der Waals surface area contributed by atoms with Crippen molar-refractivity contribution in [3.8, 4) is 0 Å². The van der Waals surface area contributed by atoms with E-state index in [0.29, 0.717) is 5.92 Å².